The second-order valence-corrected chi connectivity index (χ2v) is 2.86. The van der Waals surface area contributed by atoms with Gasteiger partial charge in [-0.25, -0.2) is 4.98 Å². The molecule has 4 heteroatoms. The highest BCUT2D eigenvalue weighted by Gasteiger charge is 1.97. The molecule has 3 nitrogen and oxygen atoms in total. The lowest BCUT2D eigenvalue weighted by atomic mass is 10.4. The van der Waals surface area contributed by atoms with Gasteiger partial charge in [-0.05, 0) is 19.1 Å². The number of hydrogen-bond donors (Lipinski definition) is 1. The fraction of sp³-hybridized carbons (Fsp3) is 0.375. The van der Waals surface area contributed by atoms with E-state index in [0.717, 1.165) is 0 Å². The monoisotopic (exact) mass is 187 g/mol. The summed E-state index contributed by atoms with van der Waals surface area (Å²) in [6.07, 6.45) is 1.05. The minimum atomic E-state index is -0.472. The average Bonchev–Trinajstić information content (AvgIpc) is 2.03. The van der Waals surface area contributed by atoms with Gasteiger partial charge in [0.2, 0.25) is 0 Å². The molecule has 0 amide bonds. The molecule has 1 atom stereocenters. The van der Waals surface area contributed by atoms with E-state index in [4.69, 9.17) is 21.4 Å². The number of halogens is 1. The van der Waals surface area contributed by atoms with Crippen molar-refractivity contribution in [1.82, 2.24) is 4.98 Å². The lowest BCUT2D eigenvalue weighted by molar-refractivity contribution is 0.122. The summed E-state index contributed by atoms with van der Waals surface area (Å²) in [5.74, 6) is 0.611. The summed E-state index contributed by atoms with van der Waals surface area (Å²) in [7, 11) is 0. The molecule has 0 aliphatic rings. The van der Waals surface area contributed by atoms with Gasteiger partial charge in [0.25, 0.3) is 0 Å². The van der Waals surface area contributed by atoms with Crippen LogP contribution in [0.3, 0.4) is 0 Å². The summed E-state index contributed by atoms with van der Waals surface area (Å²) in [6, 6.07) is 3.34. The highest BCUT2D eigenvalue weighted by Crippen LogP contribution is 2.11. The summed E-state index contributed by atoms with van der Waals surface area (Å²) in [5.41, 5.74) is 0. The molecule has 0 saturated heterocycles. The third-order valence-corrected chi connectivity index (χ3v) is 1.42. The van der Waals surface area contributed by atoms with Gasteiger partial charge in [-0.15, -0.1) is 0 Å². The smallest absolute Gasteiger partial charge is 0.137 e. The molecule has 66 valence electrons. The van der Waals surface area contributed by atoms with Crippen LogP contribution in [0.1, 0.15) is 6.92 Å². The van der Waals surface area contributed by atoms with Crippen LogP contribution in [0, 0.1) is 0 Å². The second-order valence-electron chi connectivity index (χ2n) is 2.48. The van der Waals surface area contributed by atoms with E-state index < -0.39 is 6.10 Å². The zero-order valence-electron chi connectivity index (χ0n) is 6.70. The van der Waals surface area contributed by atoms with E-state index in [0.29, 0.717) is 10.9 Å². The summed E-state index contributed by atoms with van der Waals surface area (Å²) < 4.78 is 5.15. The molecule has 0 spiro atoms. The molecule has 0 aliphatic heterocycles. The lowest BCUT2D eigenvalue weighted by Crippen LogP contribution is -2.12. The third kappa shape index (κ3) is 3.07. The van der Waals surface area contributed by atoms with E-state index in [-0.39, 0.29) is 6.61 Å². The molecule has 0 aromatic carbocycles. The minimum Gasteiger partial charge on any atom is -0.489 e. The molecule has 1 aromatic rings. The van der Waals surface area contributed by atoms with Crippen LogP contribution >= 0.6 is 11.6 Å². The summed E-state index contributed by atoms with van der Waals surface area (Å²) in [6.45, 7) is 1.92. The zero-order chi connectivity index (χ0) is 8.97. The predicted molar refractivity (Wildman–Crippen MR) is 46.4 cm³/mol. The van der Waals surface area contributed by atoms with Crippen molar-refractivity contribution in [3.63, 3.8) is 0 Å². The largest absolute Gasteiger partial charge is 0.489 e. The summed E-state index contributed by atoms with van der Waals surface area (Å²) in [4.78, 5) is 3.82. The van der Waals surface area contributed by atoms with Crippen LogP contribution in [0.15, 0.2) is 18.3 Å². The Kier molecular flexibility index (Phi) is 3.31. The van der Waals surface area contributed by atoms with Crippen molar-refractivity contribution in [2.75, 3.05) is 6.61 Å². The summed E-state index contributed by atoms with van der Waals surface area (Å²) >= 11 is 5.56. The van der Waals surface area contributed by atoms with Crippen LogP contribution in [0.5, 0.6) is 5.75 Å². The van der Waals surface area contributed by atoms with Gasteiger partial charge in [0.05, 0.1) is 12.3 Å². The molecule has 1 heterocycles. The van der Waals surface area contributed by atoms with Crippen LogP contribution in [0.25, 0.3) is 0 Å². The molecule has 12 heavy (non-hydrogen) atoms. The average molecular weight is 188 g/mol. The SMILES string of the molecule is C[C@H](O)COc1ccc(Cl)nc1. The van der Waals surface area contributed by atoms with Gasteiger partial charge < -0.3 is 9.84 Å². The minimum absolute atomic E-state index is 0.267. The van der Waals surface area contributed by atoms with Gasteiger partial charge in [0.15, 0.2) is 0 Å². The number of aromatic nitrogens is 1. The topological polar surface area (TPSA) is 42.4 Å². The van der Waals surface area contributed by atoms with Crippen LogP contribution in [-0.4, -0.2) is 22.8 Å². The van der Waals surface area contributed by atoms with E-state index >= 15 is 0 Å². The maximum atomic E-state index is 8.90. The number of aliphatic hydroxyl groups excluding tert-OH is 1. The molecular weight excluding hydrogens is 178 g/mol. The van der Waals surface area contributed by atoms with Crippen LogP contribution < -0.4 is 4.74 Å². The number of pyridine rings is 1. The zero-order valence-corrected chi connectivity index (χ0v) is 7.45. The van der Waals surface area contributed by atoms with Gasteiger partial charge in [0.1, 0.15) is 17.5 Å². The predicted octanol–water partition coefficient (Wildman–Crippen LogP) is 1.49. The normalized spacial score (nSPS) is 12.6. The van der Waals surface area contributed by atoms with Gasteiger partial charge in [-0.3, -0.25) is 0 Å². The molecule has 0 fully saturated rings. The maximum absolute atomic E-state index is 8.90. The Hall–Kier alpha value is -0.800. The highest BCUT2D eigenvalue weighted by atomic mass is 35.5. The van der Waals surface area contributed by atoms with Crippen molar-refractivity contribution in [2.45, 2.75) is 13.0 Å². The molecule has 1 rings (SSSR count). The number of rotatable bonds is 3. The van der Waals surface area contributed by atoms with Crippen LogP contribution in [0.2, 0.25) is 5.15 Å². The Balaban J connectivity index is 2.48. The Labute approximate surface area is 76.0 Å². The standard InChI is InChI=1S/C8H10ClNO2/c1-6(11)5-12-7-2-3-8(9)10-4-7/h2-4,6,11H,5H2,1H3/t6-/m0/s1. The van der Waals surface area contributed by atoms with Gasteiger partial charge in [-0.1, -0.05) is 11.6 Å². The first-order valence-corrected chi connectivity index (χ1v) is 3.98. The first kappa shape index (κ1) is 9.29. The number of aliphatic hydroxyl groups is 1. The molecule has 1 aromatic heterocycles. The molecule has 0 bridgehead atoms. The van der Waals surface area contributed by atoms with Crippen molar-refractivity contribution in [3.8, 4) is 5.75 Å². The van der Waals surface area contributed by atoms with Crippen LogP contribution in [-0.2, 0) is 0 Å². The Bertz CT molecular complexity index is 235. The number of ether oxygens (including phenoxy) is 1. The van der Waals surface area contributed by atoms with E-state index in [1.54, 1.807) is 19.1 Å². The van der Waals surface area contributed by atoms with Crippen molar-refractivity contribution in [3.05, 3.63) is 23.5 Å². The van der Waals surface area contributed by atoms with E-state index in [1.807, 2.05) is 0 Å². The van der Waals surface area contributed by atoms with Crippen molar-refractivity contribution in [1.29, 1.82) is 0 Å². The molecule has 1 N–H and O–H groups in total. The van der Waals surface area contributed by atoms with E-state index in [2.05, 4.69) is 4.98 Å². The van der Waals surface area contributed by atoms with Gasteiger partial charge in [-0.2, -0.15) is 0 Å². The molecule has 0 radical (unpaired) electrons. The van der Waals surface area contributed by atoms with Crippen molar-refractivity contribution in [2.24, 2.45) is 0 Å². The number of hydrogen-bond acceptors (Lipinski definition) is 3. The first-order chi connectivity index (χ1) is 5.68. The highest BCUT2D eigenvalue weighted by molar-refractivity contribution is 6.29. The second kappa shape index (κ2) is 4.28. The van der Waals surface area contributed by atoms with Gasteiger partial charge >= 0.3 is 0 Å². The lowest BCUT2D eigenvalue weighted by Gasteiger charge is -2.06. The maximum Gasteiger partial charge on any atom is 0.137 e. The van der Waals surface area contributed by atoms with Crippen molar-refractivity contribution >= 4 is 11.6 Å². The Morgan fingerprint density at radius 3 is 2.92 bits per heavy atom. The molecule has 0 unspecified atom stereocenters. The number of nitrogens with zero attached hydrogens (tertiary/aromatic N) is 1. The summed E-state index contributed by atoms with van der Waals surface area (Å²) in [5, 5.41) is 9.33. The fourth-order valence-corrected chi connectivity index (χ4v) is 0.776. The Morgan fingerprint density at radius 2 is 2.42 bits per heavy atom. The van der Waals surface area contributed by atoms with E-state index in [9.17, 15) is 0 Å². The fourth-order valence-electron chi connectivity index (χ4n) is 0.664. The van der Waals surface area contributed by atoms with E-state index in [1.165, 1.54) is 6.20 Å². The third-order valence-electron chi connectivity index (χ3n) is 1.19. The first-order valence-electron chi connectivity index (χ1n) is 3.61. The molecule has 0 aliphatic carbocycles. The van der Waals surface area contributed by atoms with Gasteiger partial charge in [0, 0.05) is 0 Å². The van der Waals surface area contributed by atoms with Crippen molar-refractivity contribution < 1.29 is 9.84 Å². The molecule has 0 saturated carbocycles. The van der Waals surface area contributed by atoms with Crippen LogP contribution in [0.4, 0.5) is 0 Å². The Morgan fingerprint density at radius 1 is 1.67 bits per heavy atom. The molecular formula is C8H10ClNO2. The quantitative estimate of drug-likeness (QED) is 0.730.